The average Bonchev–Trinajstić information content (AvgIpc) is 3.68. The maximum atomic E-state index is 6.86. The molecule has 4 aromatic rings. The highest BCUT2D eigenvalue weighted by molar-refractivity contribution is 6.74. The second kappa shape index (κ2) is 17.3. The number of fused-ring (bicyclic) bond motifs is 1. The molecule has 0 radical (unpaired) electrons. The molecule has 3 atom stereocenters. The normalized spacial score (nSPS) is 18.3. The lowest BCUT2D eigenvalue weighted by Gasteiger charge is -2.36. The first kappa shape index (κ1) is 42.6. The molecule has 302 valence electrons. The number of imidazole rings is 1. The van der Waals surface area contributed by atoms with Crippen LogP contribution in [0.2, 0.25) is 36.3 Å². The van der Waals surface area contributed by atoms with Crippen LogP contribution in [-0.4, -0.2) is 68.6 Å². The average molecular weight is 795 g/mol. The highest BCUT2D eigenvalue weighted by atomic mass is 28.4. The second-order valence-electron chi connectivity index (χ2n) is 17.7. The van der Waals surface area contributed by atoms with E-state index in [2.05, 4.69) is 92.2 Å². The van der Waals surface area contributed by atoms with Crippen molar-refractivity contribution in [3.63, 3.8) is 0 Å². The van der Waals surface area contributed by atoms with Crippen LogP contribution in [-0.2, 0) is 30.3 Å². The lowest BCUT2D eigenvalue weighted by atomic mass is 10.2. The number of hydrogen-bond donors (Lipinski definition) is 2. The third-order valence-corrected chi connectivity index (χ3v) is 19.0. The smallest absolute Gasteiger partial charge is 0.247 e. The largest absolute Gasteiger partial charge is 0.497 e. The summed E-state index contributed by atoms with van der Waals surface area (Å²) in [7, 11) is -2.86. The molecule has 0 aliphatic carbocycles. The van der Waals surface area contributed by atoms with Crippen molar-refractivity contribution in [1.29, 1.82) is 0 Å². The van der Waals surface area contributed by atoms with Crippen LogP contribution in [0.5, 0.6) is 11.6 Å². The first-order valence-electron chi connectivity index (χ1n) is 19.2. The monoisotopic (exact) mass is 794 g/mol. The number of rotatable bonds is 17. The van der Waals surface area contributed by atoms with Gasteiger partial charge in [-0.15, -0.1) is 0 Å². The molecule has 2 aromatic carbocycles. The van der Waals surface area contributed by atoms with Crippen LogP contribution in [0, 0.1) is 5.92 Å². The molecule has 0 spiro atoms. The van der Waals surface area contributed by atoms with E-state index in [1.807, 2.05) is 59.2 Å². The Labute approximate surface area is 328 Å². The van der Waals surface area contributed by atoms with E-state index in [1.54, 1.807) is 7.11 Å². The van der Waals surface area contributed by atoms with Gasteiger partial charge in [0.25, 0.3) is 0 Å². The Balaban J connectivity index is 1.57. The van der Waals surface area contributed by atoms with E-state index >= 15 is 0 Å². The standard InChI is InChI=1S/C40H62N6O7Si2/c1-27(2)24-41-37-44-35-34(36(45-37)48-25-28-17-15-14-16-18-28)43-38(42-29-19-21-30(47-9)22-20-29)46(35)33-23-31(51-53-55(12,13)40(6,7)8)32(50-33)26-49-52-54(10,11)39(3,4)5/h14-22,27,31-33H,23-26H2,1-13H3,(H,42,43)(H,41,44,45)/t31-,32+,33+/m0/s1. The summed E-state index contributed by atoms with van der Waals surface area (Å²) in [4.78, 5) is 27.3. The summed E-state index contributed by atoms with van der Waals surface area (Å²) < 4.78 is 33.1. The number of nitrogens with zero attached hydrogens (tertiary/aromatic N) is 4. The maximum Gasteiger partial charge on any atom is 0.247 e. The fraction of sp³-hybridized carbons (Fsp3) is 0.575. The Morgan fingerprint density at radius 3 is 2.15 bits per heavy atom. The first-order chi connectivity index (χ1) is 25.8. The summed E-state index contributed by atoms with van der Waals surface area (Å²) in [6.45, 7) is 27.1. The molecule has 0 bridgehead atoms. The molecular weight excluding hydrogens is 733 g/mol. The summed E-state index contributed by atoms with van der Waals surface area (Å²) in [6, 6.07) is 17.6. The minimum Gasteiger partial charge on any atom is -0.497 e. The SMILES string of the molecule is COc1ccc(Nc2nc3c(OCc4ccccc4)nc(NCC(C)C)nc3n2[C@H]2C[C@H](OO[Si](C)(C)C(C)(C)C)[C@@H](COO[Si](C)(C)C(C)(C)C)O2)cc1. The molecule has 2 aromatic heterocycles. The molecule has 0 saturated carbocycles. The summed E-state index contributed by atoms with van der Waals surface area (Å²) in [5, 5.41) is 6.80. The van der Waals surface area contributed by atoms with E-state index in [0.29, 0.717) is 54.4 Å². The lowest BCUT2D eigenvalue weighted by Crippen LogP contribution is -2.44. The third kappa shape index (κ3) is 10.6. The van der Waals surface area contributed by atoms with Gasteiger partial charge in [-0.25, -0.2) is 14.8 Å². The number of anilines is 3. The summed E-state index contributed by atoms with van der Waals surface area (Å²) in [5.74, 6) is 2.37. The highest BCUT2D eigenvalue weighted by Crippen LogP contribution is 2.42. The van der Waals surface area contributed by atoms with Crippen molar-refractivity contribution < 1.29 is 33.1 Å². The van der Waals surface area contributed by atoms with E-state index in [-0.39, 0.29) is 16.7 Å². The molecule has 0 amide bonds. The topological polar surface area (TPSA) is 132 Å². The van der Waals surface area contributed by atoms with Crippen LogP contribution >= 0.6 is 0 Å². The quantitative estimate of drug-likeness (QED) is 0.0599. The van der Waals surface area contributed by atoms with Gasteiger partial charge < -0.3 is 24.8 Å². The van der Waals surface area contributed by atoms with E-state index in [4.69, 9.17) is 48.1 Å². The van der Waals surface area contributed by atoms with Gasteiger partial charge in [0.1, 0.15) is 37.4 Å². The van der Waals surface area contributed by atoms with Gasteiger partial charge in [-0.3, -0.25) is 13.7 Å². The predicted molar refractivity (Wildman–Crippen MR) is 222 cm³/mol. The van der Waals surface area contributed by atoms with E-state index in [1.165, 1.54) is 0 Å². The maximum absolute atomic E-state index is 6.86. The van der Waals surface area contributed by atoms with Crippen molar-refractivity contribution in [2.75, 3.05) is 30.9 Å². The molecule has 13 nitrogen and oxygen atoms in total. The zero-order chi connectivity index (χ0) is 40.2. The fourth-order valence-corrected chi connectivity index (χ4v) is 6.33. The van der Waals surface area contributed by atoms with Crippen LogP contribution in [0.4, 0.5) is 17.6 Å². The van der Waals surface area contributed by atoms with Crippen LogP contribution in [0.15, 0.2) is 54.6 Å². The van der Waals surface area contributed by atoms with Crippen molar-refractivity contribution in [3.05, 3.63) is 60.2 Å². The number of hydrogen-bond acceptors (Lipinski definition) is 12. The molecule has 5 rings (SSSR count). The number of ether oxygens (including phenoxy) is 3. The van der Waals surface area contributed by atoms with Gasteiger partial charge in [-0.2, -0.15) is 9.97 Å². The molecule has 0 unspecified atom stereocenters. The van der Waals surface area contributed by atoms with Crippen molar-refractivity contribution in [2.45, 2.75) is 123 Å². The van der Waals surface area contributed by atoms with Gasteiger partial charge >= 0.3 is 0 Å². The van der Waals surface area contributed by atoms with Gasteiger partial charge in [0.2, 0.25) is 34.4 Å². The molecular formula is C40H62N6O7Si2. The Bertz CT molecular complexity index is 1840. The molecule has 1 aliphatic rings. The Morgan fingerprint density at radius 2 is 1.53 bits per heavy atom. The predicted octanol–water partition coefficient (Wildman–Crippen LogP) is 9.79. The lowest BCUT2D eigenvalue weighted by molar-refractivity contribution is -0.290. The molecule has 55 heavy (non-hydrogen) atoms. The van der Waals surface area contributed by atoms with Gasteiger partial charge in [-0.1, -0.05) is 85.7 Å². The van der Waals surface area contributed by atoms with Gasteiger partial charge in [0, 0.05) is 18.7 Å². The van der Waals surface area contributed by atoms with Crippen LogP contribution < -0.4 is 20.1 Å². The van der Waals surface area contributed by atoms with Gasteiger partial charge in [-0.05, 0) is 72.0 Å². The van der Waals surface area contributed by atoms with E-state index in [0.717, 1.165) is 17.0 Å². The van der Waals surface area contributed by atoms with E-state index < -0.39 is 35.1 Å². The second-order valence-corrected chi connectivity index (χ2v) is 27.1. The number of nitrogens with one attached hydrogen (secondary N) is 2. The molecule has 2 N–H and O–H groups in total. The molecule has 15 heteroatoms. The number of aromatic nitrogens is 4. The number of benzene rings is 2. The molecule has 1 saturated heterocycles. The van der Waals surface area contributed by atoms with Crippen LogP contribution in [0.25, 0.3) is 11.2 Å². The third-order valence-electron chi connectivity index (χ3n) is 10.7. The molecule has 3 heterocycles. The van der Waals surface area contributed by atoms with Crippen molar-refractivity contribution in [1.82, 2.24) is 19.5 Å². The minimum atomic E-state index is -2.29. The number of methoxy groups -OCH3 is 1. The summed E-state index contributed by atoms with van der Waals surface area (Å²) in [6.07, 6.45) is -1.18. The van der Waals surface area contributed by atoms with Crippen LogP contribution in [0.3, 0.4) is 0 Å². The Morgan fingerprint density at radius 1 is 0.873 bits per heavy atom. The highest BCUT2D eigenvalue weighted by Gasteiger charge is 2.45. The van der Waals surface area contributed by atoms with Gasteiger partial charge in [0.05, 0.1) is 7.11 Å². The Kier molecular flexibility index (Phi) is 13.4. The van der Waals surface area contributed by atoms with Crippen molar-refractivity contribution in [3.8, 4) is 11.6 Å². The fourth-order valence-electron chi connectivity index (χ4n) is 5.10. The van der Waals surface area contributed by atoms with Crippen LogP contribution in [0.1, 0.15) is 73.6 Å². The zero-order valence-electron chi connectivity index (χ0n) is 35.0. The van der Waals surface area contributed by atoms with Gasteiger partial charge in [0.15, 0.2) is 11.2 Å². The first-order valence-corrected chi connectivity index (χ1v) is 25.0. The van der Waals surface area contributed by atoms with E-state index in [9.17, 15) is 0 Å². The summed E-state index contributed by atoms with van der Waals surface area (Å²) >= 11 is 0. The van der Waals surface area contributed by atoms with Crippen molar-refractivity contribution >= 4 is 45.4 Å². The minimum absolute atomic E-state index is 0.0352. The van der Waals surface area contributed by atoms with Crippen molar-refractivity contribution in [2.24, 2.45) is 5.92 Å². The molecule has 1 aliphatic heterocycles. The summed E-state index contributed by atoms with van der Waals surface area (Å²) in [5.41, 5.74) is 2.82. The molecule has 1 fully saturated rings. The Hall–Kier alpha value is -3.58. The zero-order valence-corrected chi connectivity index (χ0v) is 37.0.